The van der Waals surface area contributed by atoms with Crippen LogP contribution in [0.2, 0.25) is 0 Å². The summed E-state index contributed by atoms with van der Waals surface area (Å²) in [6, 6.07) is 9.96. The second-order valence-electron chi connectivity index (χ2n) is 5.06. The van der Waals surface area contributed by atoms with Gasteiger partial charge in [0.15, 0.2) is 0 Å². The van der Waals surface area contributed by atoms with Crippen molar-refractivity contribution in [2.45, 2.75) is 13.5 Å². The van der Waals surface area contributed by atoms with Crippen molar-refractivity contribution in [2.24, 2.45) is 0 Å². The average molecular weight is 274 g/mol. The molecule has 0 amide bonds. The van der Waals surface area contributed by atoms with Gasteiger partial charge in [-0.15, -0.1) is 0 Å². The average Bonchev–Trinajstić information content (AvgIpc) is 2.83. The fourth-order valence-corrected chi connectivity index (χ4v) is 1.78. The summed E-state index contributed by atoms with van der Waals surface area (Å²) in [6.07, 6.45) is 1.72. The highest BCUT2D eigenvalue weighted by Gasteiger charge is 2.01. The van der Waals surface area contributed by atoms with Gasteiger partial charge in [-0.05, 0) is 56.9 Å². The normalized spacial score (nSPS) is 10.8. The molecule has 0 bridgehead atoms. The summed E-state index contributed by atoms with van der Waals surface area (Å²) in [4.78, 5) is 2.10. The predicted molar refractivity (Wildman–Crippen MR) is 81.3 cm³/mol. The Morgan fingerprint density at radius 3 is 2.50 bits per heavy atom. The molecule has 2 aromatic rings. The minimum atomic E-state index is 0.694. The van der Waals surface area contributed by atoms with Gasteiger partial charge in [0.2, 0.25) is 0 Å². The van der Waals surface area contributed by atoms with Crippen LogP contribution in [0.5, 0.6) is 5.75 Å². The summed E-state index contributed by atoms with van der Waals surface area (Å²) < 4.78 is 11.0. The lowest BCUT2D eigenvalue weighted by Gasteiger charge is -2.11. The number of hydrogen-bond donors (Lipinski definition) is 1. The molecule has 0 aliphatic heterocycles. The lowest BCUT2D eigenvalue weighted by atomic mass is 10.2. The molecule has 1 aromatic carbocycles. The van der Waals surface area contributed by atoms with Crippen molar-refractivity contribution in [1.82, 2.24) is 4.90 Å². The maximum absolute atomic E-state index is 5.65. The van der Waals surface area contributed by atoms with Crippen LogP contribution in [0.3, 0.4) is 0 Å². The monoisotopic (exact) mass is 274 g/mol. The third-order valence-corrected chi connectivity index (χ3v) is 3.08. The maximum atomic E-state index is 5.65. The number of nitrogens with zero attached hydrogens (tertiary/aromatic N) is 1. The number of ether oxygens (including phenoxy) is 1. The van der Waals surface area contributed by atoms with Crippen molar-refractivity contribution < 1.29 is 9.15 Å². The molecular formula is C16H22N2O2. The molecule has 108 valence electrons. The Hall–Kier alpha value is -1.94. The van der Waals surface area contributed by atoms with Crippen molar-refractivity contribution >= 4 is 5.69 Å². The van der Waals surface area contributed by atoms with Gasteiger partial charge in [0.25, 0.3) is 0 Å². The first kappa shape index (κ1) is 14.5. The molecule has 0 radical (unpaired) electrons. The van der Waals surface area contributed by atoms with E-state index in [1.165, 1.54) is 5.56 Å². The molecule has 2 rings (SSSR count). The Morgan fingerprint density at radius 2 is 1.90 bits per heavy atom. The zero-order valence-electron chi connectivity index (χ0n) is 12.3. The van der Waals surface area contributed by atoms with Gasteiger partial charge in [0.1, 0.15) is 18.1 Å². The minimum Gasteiger partial charge on any atom is -0.492 e. The fourth-order valence-electron chi connectivity index (χ4n) is 1.78. The van der Waals surface area contributed by atoms with Gasteiger partial charge in [-0.25, -0.2) is 0 Å². The van der Waals surface area contributed by atoms with E-state index in [1.54, 1.807) is 6.26 Å². The summed E-state index contributed by atoms with van der Waals surface area (Å²) in [5, 5.41) is 3.33. The number of nitrogens with one attached hydrogen (secondary N) is 1. The molecule has 0 aliphatic carbocycles. The highest BCUT2D eigenvalue weighted by Crippen LogP contribution is 2.17. The van der Waals surface area contributed by atoms with Gasteiger partial charge >= 0.3 is 0 Å². The Balaban J connectivity index is 1.81. The molecule has 1 aromatic heterocycles. The van der Waals surface area contributed by atoms with E-state index in [2.05, 4.69) is 10.2 Å². The van der Waals surface area contributed by atoms with Crippen LogP contribution in [0.1, 0.15) is 11.3 Å². The van der Waals surface area contributed by atoms with Crippen LogP contribution in [-0.4, -0.2) is 32.1 Å². The molecule has 0 fully saturated rings. The van der Waals surface area contributed by atoms with E-state index >= 15 is 0 Å². The summed E-state index contributed by atoms with van der Waals surface area (Å²) in [5.74, 6) is 1.86. The second kappa shape index (κ2) is 7.01. The quantitative estimate of drug-likeness (QED) is 0.841. The highest BCUT2D eigenvalue weighted by atomic mass is 16.5. The van der Waals surface area contributed by atoms with Crippen molar-refractivity contribution in [3.05, 3.63) is 47.9 Å². The number of rotatable bonds is 7. The molecule has 1 N–H and O–H groups in total. The van der Waals surface area contributed by atoms with E-state index in [1.807, 2.05) is 51.4 Å². The zero-order valence-corrected chi connectivity index (χ0v) is 12.3. The zero-order chi connectivity index (χ0) is 14.4. The Bertz CT molecular complexity index is 518. The van der Waals surface area contributed by atoms with Crippen LogP contribution in [0.15, 0.2) is 41.0 Å². The summed E-state index contributed by atoms with van der Waals surface area (Å²) in [6.45, 7) is 4.35. The molecular weight excluding hydrogens is 252 g/mol. The Kier molecular flexibility index (Phi) is 5.07. The fraction of sp³-hybridized carbons (Fsp3) is 0.375. The minimum absolute atomic E-state index is 0.694. The smallest absolute Gasteiger partial charge is 0.125 e. The molecule has 4 heteroatoms. The SMILES string of the molecule is Cc1ccoc1CNc1ccc(OCCN(C)C)cc1. The summed E-state index contributed by atoms with van der Waals surface area (Å²) in [5.41, 5.74) is 2.22. The molecule has 0 unspecified atom stereocenters. The van der Waals surface area contributed by atoms with Crippen LogP contribution >= 0.6 is 0 Å². The molecule has 1 heterocycles. The molecule has 0 atom stereocenters. The number of likely N-dealkylation sites (N-methyl/N-ethyl adjacent to an activating group) is 1. The lowest BCUT2D eigenvalue weighted by Crippen LogP contribution is -2.19. The van der Waals surface area contributed by atoms with Crippen molar-refractivity contribution in [3.63, 3.8) is 0 Å². The number of furan rings is 1. The van der Waals surface area contributed by atoms with Crippen LogP contribution < -0.4 is 10.1 Å². The topological polar surface area (TPSA) is 37.6 Å². The van der Waals surface area contributed by atoms with Crippen molar-refractivity contribution in [2.75, 3.05) is 32.6 Å². The van der Waals surface area contributed by atoms with E-state index < -0.39 is 0 Å². The largest absolute Gasteiger partial charge is 0.492 e. The third-order valence-electron chi connectivity index (χ3n) is 3.08. The van der Waals surface area contributed by atoms with Gasteiger partial charge in [-0.1, -0.05) is 0 Å². The standard InChI is InChI=1S/C16H22N2O2/c1-13-8-10-20-16(13)12-17-14-4-6-15(7-5-14)19-11-9-18(2)3/h4-8,10,17H,9,11-12H2,1-3H3. The van der Waals surface area contributed by atoms with Gasteiger partial charge in [0.05, 0.1) is 12.8 Å². The van der Waals surface area contributed by atoms with E-state index in [4.69, 9.17) is 9.15 Å². The van der Waals surface area contributed by atoms with Gasteiger partial charge in [-0.2, -0.15) is 0 Å². The van der Waals surface area contributed by atoms with E-state index in [0.717, 1.165) is 23.7 Å². The van der Waals surface area contributed by atoms with E-state index in [9.17, 15) is 0 Å². The molecule has 0 aliphatic rings. The number of aryl methyl sites for hydroxylation is 1. The van der Waals surface area contributed by atoms with Gasteiger partial charge < -0.3 is 19.4 Å². The molecule has 4 nitrogen and oxygen atoms in total. The first-order valence-electron chi connectivity index (χ1n) is 6.79. The number of anilines is 1. The van der Waals surface area contributed by atoms with E-state index in [-0.39, 0.29) is 0 Å². The first-order chi connectivity index (χ1) is 9.65. The number of hydrogen-bond acceptors (Lipinski definition) is 4. The van der Waals surface area contributed by atoms with Crippen molar-refractivity contribution in [1.29, 1.82) is 0 Å². The molecule has 0 saturated heterocycles. The van der Waals surface area contributed by atoms with Crippen LogP contribution in [-0.2, 0) is 6.54 Å². The summed E-state index contributed by atoms with van der Waals surface area (Å²) in [7, 11) is 4.07. The van der Waals surface area contributed by atoms with Crippen LogP contribution in [0, 0.1) is 6.92 Å². The Morgan fingerprint density at radius 1 is 1.15 bits per heavy atom. The van der Waals surface area contributed by atoms with Crippen molar-refractivity contribution in [3.8, 4) is 5.75 Å². The van der Waals surface area contributed by atoms with Gasteiger partial charge in [-0.3, -0.25) is 0 Å². The van der Waals surface area contributed by atoms with Crippen LogP contribution in [0.25, 0.3) is 0 Å². The first-order valence-corrected chi connectivity index (χ1v) is 6.79. The van der Waals surface area contributed by atoms with Gasteiger partial charge in [0, 0.05) is 12.2 Å². The van der Waals surface area contributed by atoms with E-state index in [0.29, 0.717) is 13.2 Å². The Labute approximate surface area is 120 Å². The lowest BCUT2D eigenvalue weighted by molar-refractivity contribution is 0.261. The molecule has 0 spiro atoms. The number of benzene rings is 1. The third kappa shape index (κ3) is 4.31. The summed E-state index contributed by atoms with van der Waals surface area (Å²) >= 11 is 0. The molecule has 20 heavy (non-hydrogen) atoms. The maximum Gasteiger partial charge on any atom is 0.125 e. The van der Waals surface area contributed by atoms with Crippen LogP contribution in [0.4, 0.5) is 5.69 Å². The molecule has 0 saturated carbocycles. The second-order valence-corrected chi connectivity index (χ2v) is 5.06. The predicted octanol–water partition coefficient (Wildman–Crippen LogP) is 3.14. The highest BCUT2D eigenvalue weighted by molar-refractivity contribution is 5.46.